The molecule has 0 bridgehead atoms. The fraction of sp³-hybridized carbons (Fsp3) is 1.00. The topological polar surface area (TPSA) is 37.4 Å². The average Bonchev–Trinajstić information content (AvgIpc) is 2.23. The molecule has 0 aliphatic carbocycles. The zero-order valence-electron chi connectivity index (χ0n) is 7.71. The van der Waals surface area contributed by atoms with E-state index in [9.17, 15) is 8.42 Å². The van der Waals surface area contributed by atoms with E-state index in [1.165, 1.54) is 0 Å². The highest BCUT2D eigenvalue weighted by molar-refractivity contribution is 9.09. The van der Waals surface area contributed by atoms with Crippen molar-refractivity contribution in [2.24, 2.45) is 0 Å². The highest BCUT2D eigenvalue weighted by Crippen LogP contribution is 2.05. The monoisotopic (exact) mass is 269 g/mol. The normalized spacial score (nSPS) is 24.1. The van der Waals surface area contributed by atoms with Crippen LogP contribution in [0.15, 0.2) is 0 Å². The van der Waals surface area contributed by atoms with E-state index in [1.807, 2.05) is 0 Å². The maximum Gasteiger partial charge on any atom is 0.151 e. The van der Waals surface area contributed by atoms with Crippen LogP contribution < -0.4 is 0 Å². The molecule has 1 saturated heterocycles. The Morgan fingerprint density at radius 1 is 1.23 bits per heavy atom. The van der Waals surface area contributed by atoms with Gasteiger partial charge in [-0.2, -0.15) is 0 Å². The number of nitrogens with zero attached hydrogens (tertiary/aromatic N) is 1. The number of halogens is 1. The van der Waals surface area contributed by atoms with E-state index in [-0.39, 0.29) is 0 Å². The zero-order chi connectivity index (χ0) is 9.73. The first-order valence-electron chi connectivity index (χ1n) is 4.63. The Morgan fingerprint density at radius 3 is 2.69 bits per heavy atom. The second-order valence-electron chi connectivity index (χ2n) is 3.39. The summed E-state index contributed by atoms with van der Waals surface area (Å²) in [7, 11) is -2.73. The molecule has 1 aliphatic rings. The van der Waals surface area contributed by atoms with E-state index in [4.69, 9.17) is 0 Å². The van der Waals surface area contributed by atoms with E-state index in [2.05, 4.69) is 20.8 Å². The molecule has 0 aromatic carbocycles. The highest BCUT2D eigenvalue weighted by atomic mass is 79.9. The predicted octanol–water partition coefficient (Wildman–Crippen LogP) is 0.892. The Labute approximate surface area is 88.5 Å². The first-order valence-corrected chi connectivity index (χ1v) is 7.57. The Hall–Kier alpha value is 0.390. The van der Waals surface area contributed by atoms with Crippen molar-refractivity contribution < 1.29 is 8.42 Å². The van der Waals surface area contributed by atoms with E-state index < -0.39 is 9.84 Å². The molecule has 0 amide bonds. The van der Waals surface area contributed by atoms with Gasteiger partial charge in [0.1, 0.15) is 0 Å². The van der Waals surface area contributed by atoms with Crippen molar-refractivity contribution in [3.8, 4) is 0 Å². The second-order valence-corrected chi connectivity index (χ2v) is 6.49. The van der Waals surface area contributed by atoms with Crippen LogP contribution in [0.3, 0.4) is 0 Å². The second kappa shape index (κ2) is 5.32. The number of hydrogen-bond donors (Lipinski definition) is 0. The first-order chi connectivity index (χ1) is 6.14. The van der Waals surface area contributed by atoms with E-state index in [1.54, 1.807) is 0 Å². The van der Waals surface area contributed by atoms with E-state index in [0.29, 0.717) is 11.5 Å². The van der Waals surface area contributed by atoms with Crippen molar-refractivity contribution in [1.29, 1.82) is 0 Å². The molecule has 1 fully saturated rings. The highest BCUT2D eigenvalue weighted by Gasteiger charge is 2.18. The molecule has 0 saturated carbocycles. The molecule has 0 aromatic rings. The Morgan fingerprint density at radius 2 is 2.00 bits per heavy atom. The molecule has 0 atom stereocenters. The lowest BCUT2D eigenvalue weighted by Crippen LogP contribution is -2.28. The molecular weight excluding hydrogens is 254 g/mol. The van der Waals surface area contributed by atoms with Gasteiger partial charge in [0.15, 0.2) is 9.84 Å². The van der Waals surface area contributed by atoms with Gasteiger partial charge in [-0.05, 0) is 25.9 Å². The van der Waals surface area contributed by atoms with Crippen LogP contribution in [0.1, 0.15) is 12.8 Å². The molecule has 1 rings (SSSR count). The summed E-state index contributed by atoms with van der Waals surface area (Å²) in [4.78, 5) is 2.24. The molecule has 78 valence electrons. The quantitative estimate of drug-likeness (QED) is 0.715. The Kier molecular flexibility index (Phi) is 4.69. The van der Waals surface area contributed by atoms with Crippen LogP contribution in [0.5, 0.6) is 0 Å². The van der Waals surface area contributed by atoms with Crippen molar-refractivity contribution in [2.75, 3.05) is 36.5 Å². The lowest BCUT2D eigenvalue weighted by Gasteiger charge is -2.17. The fourth-order valence-corrected chi connectivity index (χ4v) is 3.06. The van der Waals surface area contributed by atoms with Crippen LogP contribution >= 0.6 is 15.9 Å². The van der Waals surface area contributed by atoms with Crippen molar-refractivity contribution in [3.05, 3.63) is 0 Å². The summed E-state index contributed by atoms with van der Waals surface area (Å²) in [5, 5.41) is 0.996. The SMILES string of the molecule is O=S1(=O)CCCN(CCCBr)CC1. The Balaban J connectivity index is 2.36. The van der Waals surface area contributed by atoms with Gasteiger partial charge >= 0.3 is 0 Å². The minimum Gasteiger partial charge on any atom is -0.302 e. The molecule has 0 N–H and O–H groups in total. The van der Waals surface area contributed by atoms with Gasteiger partial charge in [0.25, 0.3) is 0 Å². The standard InChI is InChI=1S/C8H16BrNO2S/c9-3-1-4-10-5-2-7-13(11,12)8-6-10/h1-8H2. The molecular formula is C8H16BrNO2S. The molecule has 0 unspecified atom stereocenters. The van der Waals surface area contributed by atoms with Gasteiger partial charge in [-0.25, -0.2) is 8.42 Å². The molecule has 1 heterocycles. The van der Waals surface area contributed by atoms with E-state index in [0.717, 1.165) is 37.8 Å². The fourth-order valence-electron chi connectivity index (χ4n) is 1.50. The summed E-state index contributed by atoms with van der Waals surface area (Å²) >= 11 is 3.37. The molecule has 0 spiro atoms. The molecule has 13 heavy (non-hydrogen) atoms. The summed E-state index contributed by atoms with van der Waals surface area (Å²) in [5.74, 6) is 0.715. The third-order valence-corrected chi connectivity index (χ3v) is 4.53. The van der Waals surface area contributed by atoms with Gasteiger partial charge in [0.2, 0.25) is 0 Å². The summed E-state index contributed by atoms with van der Waals surface area (Å²) in [6.45, 7) is 2.67. The lowest BCUT2D eigenvalue weighted by molar-refractivity contribution is 0.297. The van der Waals surface area contributed by atoms with Crippen LogP contribution in [0, 0.1) is 0 Å². The largest absolute Gasteiger partial charge is 0.302 e. The third kappa shape index (κ3) is 4.42. The van der Waals surface area contributed by atoms with Crippen molar-refractivity contribution >= 4 is 25.8 Å². The van der Waals surface area contributed by atoms with Crippen molar-refractivity contribution in [3.63, 3.8) is 0 Å². The maximum absolute atomic E-state index is 11.3. The summed E-state index contributed by atoms with van der Waals surface area (Å²) in [6, 6.07) is 0. The average molecular weight is 270 g/mol. The molecule has 1 aliphatic heterocycles. The predicted molar refractivity (Wildman–Crippen MR) is 58.1 cm³/mol. The third-order valence-electron chi connectivity index (χ3n) is 2.26. The van der Waals surface area contributed by atoms with Crippen LogP contribution in [-0.4, -0.2) is 49.8 Å². The van der Waals surface area contributed by atoms with Crippen LogP contribution in [-0.2, 0) is 9.84 Å². The van der Waals surface area contributed by atoms with Gasteiger partial charge in [-0.1, -0.05) is 15.9 Å². The molecule has 5 heteroatoms. The molecule has 3 nitrogen and oxygen atoms in total. The summed E-state index contributed by atoms with van der Waals surface area (Å²) in [5.41, 5.74) is 0. The molecule has 0 aromatic heterocycles. The molecule has 0 radical (unpaired) electrons. The van der Waals surface area contributed by atoms with Crippen LogP contribution in [0.4, 0.5) is 0 Å². The summed E-state index contributed by atoms with van der Waals surface area (Å²) < 4.78 is 22.5. The Bertz CT molecular complexity index is 241. The van der Waals surface area contributed by atoms with Gasteiger partial charge in [-0.15, -0.1) is 0 Å². The minimum absolute atomic E-state index is 0.343. The van der Waals surface area contributed by atoms with Gasteiger partial charge in [0.05, 0.1) is 11.5 Å². The van der Waals surface area contributed by atoms with Crippen LogP contribution in [0.25, 0.3) is 0 Å². The number of rotatable bonds is 3. The first kappa shape index (κ1) is 11.5. The smallest absolute Gasteiger partial charge is 0.151 e. The number of hydrogen-bond acceptors (Lipinski definition) is 3. The lowest BCUT2D eigenvalue weighted by atomic mass is 10.3. The summed E-state index contributed by atoms with van der Waals surface area (Å²) in [6.07, 6.45) is 1.89. The number of alkyl halides is 1. The minimum atomic E-state index is -2.73. The van der Waals surface area contributed by atoms with Gasteiger partial charge in [0, 0.05) is 11.9 Å². The van der Waals surface area contributed by atoms with Crippen molar-refractivity contribution in [1.82, 2.24) is 4.90 Å². The van der Waals surface area contributed by atoms with Gasteiger partial charge in [-0.3, -0.25) is 0 Å². The number of sulfone groups is 1. The maximum atomic E-state index is 11.3. The van der Waals surface area contributed by atoms with Gasteiger partial charge < -0.3 is 4.90 Å². The van der Waals surface area contributed by atoms with Crippen molar-refractivity contribution in [2.45, 2.75) is 12.8 Å². The van der Waals surface area contributed by atoms with Crippen LogP contribution in [0.2, 0.25) is 0 Å². The van der Waals surface area contributed by atoms with E-state index >= 15 is 0 Å². The zero-order valence-corrected chi connectivity index (χ0v) is 10.1.